The molecule has 2 aromatic heterocycles. The standard InChI is InChI=1S/C19H20ClN3O3/c1-11(21-18(24)19(2)4-5-19)15-8-12-7-14(20)17(9-16(12)22-15)25-10-13-3-6-26-23-13/h3,6-9,11,22H,4-5,10H2,1-2H3,(H,21,24)/t11-/m0/s1. The number of aromatic amines is 1. The quantitative estimate of drug-likeness (QED) is 0.672. The maximum atomic E-state index is 12.3. The van der Waals surface area contributed by atoms with Crippen molar-refractivity contribution in [3.8, 4) is 5.75 Å². The molecule has 1 atom stereocenters. The van der Waals surface area contributed by atoms with Gasteiger partial charge in [0.15, 0.2) is 0 Å². The summed E-state index contributed by atoms with van der Waals surface area (Å²) in [4.78, 5) is 15.6. The number of carbonyl (C=O) groups excluding carboxylic acids is 1. The summed E-state index contributed by atoms with van der Waals surface area (Å²) in [5, 5.41) is 8.38. The van der Waals surface area contributed by atoms with Crippen LogP contribution in [0.15, 0.2) is 35.1 Å². The Bertz CT molecular complexity index is 945. The Hall–Kier alpha value is -2.47. The van der Waals surface area contributed by atoms with E-state index in [2.05, 4.69) is 15.5 Å². The first-order chi connectivity index (χ1) is 12.4. The van der Waals surface area contributed by atoms with E-state index in [1.165, 1.54) is 6.26 Å². The highest BCUT2D eigenvalue weighted by atomic mass is 35.5. The third kappa shape index (κ3) is 3.29. The number of amides is 1. The topological polar surface area (TPSA) is 80.2 Å². The molecule has 0 aliphatic heterocycles. The average molecular weight is 374 g/mol. The number of aromatic nitrogens is 2. The third-order valence-corrected chi connectivity index (χ3v) is 5.22. The summed E-state index contributed by atoms with van der Waals surface area (Å²) in [6, 6.07) is 7.35. The van der Waals surface area contributed by atoms with Gasteiger partial charge in [-0.2, -0.15) is 0 Å². The minimum Gasteiger partial charge on any atom is -0.486 e. The van der Waals surface area contributed by atoms with Gasteiger partial charge >= 0.3 is 0 Å². The van der Waals surface area contributed by atoms with Crippen LogP contribution < -0.4 is 10.1 Å². The fourth-order valence-electron chi connectivity index (χ4n) is 2.83. The maximum absolute atomic E-state index is 12.3. The Morgan fingerprint density at radius 3 is 2.96 bits per heavy atom. The number of nitrogens with one attached hydrogen (secondary N) is 2. The molecule has 136 valence electrons. The molecular formula is C19H20ClN3O3. The Morgan fingerprint density at radius 1 is 1.46 bits per heavy atom. The highest BCUT2D eigenvalue weighted by molar-refractivity contribution is 6.32. The van der Waals surface area contributed by atoms with Crippen molar-refractivity contribution in [3.63, 3.8) is 0 Å². The second kappa shape index (κ2) is 6.36. The SMILES string of the molecule is C[C@H](NC(=O)C1(C)CC1)c1cc2cc(Cl)c(OCc3ccon3)cc2[nH]1. The molecule has 1 aliphatic carbocycles. The van der Waals surface area contributed by atoms with E-state index in [0.717, 1.165) is 29.4 Å². The summed E-state index contributed by atoms with van der Waals surface area (Å²) in [5.41, 5.74) is 2.34. The number of ether oxygens (including phenoxy) is 1. The molecule has 0 bridgehead atoms. The molecule has 1 aromatic carbocycles. The van der Waals surface area contributed by atoms with Crippen LogP contribution in [0.4, 0.5) is 0 Å². The Kier molecular flexibility index (Phi) is 4.15. The Labute approximate surface area is 155 Å². The molecule has 0 radical (unpaired) electrons. The predicted octanol–water partition coefficient (Wildman–Crippen LogP) is 4.37. The fraction of sp³-hybridized carbons (Fsp3) is 0.368. The molecule has 1 aliphatic rings. The highest BCUT2D eigenvalue weighted by Gasteiger charge is 2.45. The van der Waals surface area contributed by atoms with Gasteiger partial charge in [0.25, 0.3) is 0 Å². The number of hydrogen-bond acceptors (Lipinski definition) is 4. The van der Waals surface area contributed by atoms with Crippen molar-refractivity contribution in [2.75, 3.05) is 0 Å². The van der Waals surface area contributed by atoms with Gasteiger partial charge in [-0.1, -0.05) is 23.7 Å². The molecule has 7 heteroatoms. The zero-order valence-electron chi connectivity index (χ0n) is 14.6. The van der Waals surface area contributed by atoms with Crippen molar-refractivity contribution in [3.05, 3.63) is 46.9 Å². The number of benzene rings is 1. The monoisotopic (exact) mass is 373 g/mol. The van der Waals surface area contributed by atoms with E-state index in [1.807, 2.05) is 32.0 Å². The number of carbonyl (C=O) groups is 1. The van der Waals surface area contributed by atoms with E-state index in [1.54, 1.807) is 6.07 Å². The minimum atomic E-state index is -0.189. The van der Waals surface area contributed by atoms with E-state index < -0.39 is 0 Å². The predicted molar refractivity (Wildman–Crippen MR) is 98.0 cm³/mol. The molecule has 26 heavy (non-hydrogen) atoms. The summed E-state index contributed by atoms with van der Waals surface area (Å²) in [6.07, 6.45) is 3.42. The van der Waals surface area contributed by atoms with Gasteiger partial charge < -0.3 is 19.6 Å². The lowest BCUT2D eigenvalue weighted by Crippen LogP contribution is -2.32. The summed E-state index contributed by atoms with van der Waals surface area (Å²) in [7, 11) is 0. The second-order valence-corrected chi connectivity index (χ2v) is 7.54. The summed E-state index contributed by atoms with van der Waals surface area (Å²) < 4.78 is 10.5. The van der Waals surface area contributed by atoms with Crippen LogP contribution in [0.3, 0.4) is 0 Å². The lowest BCUT2D eigenvalue weighted by atomic mass is 10.1. The van der Waals surface area contributed by atoms with Gasteiger partial charge in [-0.25, -0.2) is 0 Å². The fourth-order valence-corrected chi connectivity index (χ4v) is 3.05. The van der Waals surface area contributed by atoms with Crippen LogP contribution >= 0.6 is 11.6 Å². The third-order valence-electron chi connectivity index (χ3n) is 4.92. The van der Waals surface area contributed by atoms with Crippen molar-refractivity contribution in [2.45, 2.75) is 39.3 Å². The number of fused-ring (bicyclic) bond motifs is 1. The zero-order chi connectivity index (χ0) is 18.3. The average Bonchev–Trinajstić information content (AvgIpc) is 3.01. The lowest BCUT2D eigenvalue weighted by Gasteiger charge is -2.15. The molecule has 0 spiro atoms. The normalized spacial score (nSPS) is 16.4. The molecule has 4 rings (SSSR count). The van der Waals surface area contributed by atoms with E-state index in [0.29, 0.717) is 16.5 Å². The van der Waals surface area contributed by atoms with Crippen LogP contribution in [0.25, 0.3) is 10.9 Å². The van der Waals surface area contributed by atoms with Gasteiger partial charge in [0.1, 0.15) is 24.3 Å². The molecule has 0 saturated heterocycles. The van der Waals surface area contributed by atoms with E-state index >= 15 is 0 Å². The van der Waals surface area contributed by atoms with Crippen molar-refractivity contribution in [2.24, 2.45) is 5.41 Å². The van der Waals surface area contributed by atoms with Gasteiger partial charge in [0.05, 0.1) is 11.1 Å². The van der Waals surface area contributed by atoms with Crippen molar-refractivity contribution >= 4 is 28.4 Å². The van der Waals surface area contributed by atoms with Crippen LogP contribution in [-0.2, 0) is 11.4 Å². The molecular weight excluding hydrogens is 354 g/mol. The zero-order valence-corrected chi connectivity index (χ0v) is 15.4. The molecule has 1 saturated carbocycles. The van der Waals surface area contributed by atoms with Crippen LogP contribution in [0.1, 0.15) is 44.1 Å². The summed E-state index contributed by atoms with van der Waals surface area (Å²) in [6.45, 7) is 4.25. The van der Waals surface area contributed by atoms with Gasteiger partial charge in [0, 0.05) is 34.1 Å². The first-order valence-electron chi connectivity index (χ1n) is 8.60. The van der Waals surface area contributed by atoms with Crippen LogP contribution in [0.5, 0.6) is 5.75 Å². The number of halogens is 1. The van der Waals surface area contributed by atoms with E-state index in [9.17, 15) is 4.79 Å². The van der Waals surface area contributed by atoms with E-state index in [4.69, 9.17) is 20.9 Å². The van der Waals surface area contributed by atoms with Gasteiger partial charge in [-0.05, 0) is 31.9 Å². The lowest BCUT2D eigenvalue weighted by molar-refractivity contribution is -0.126. The highest BCUT2D eigenvalue weighted by Crippen LogP contribution is 2.45. The number of nitrogens with zero attached hydrogens (tertiary/aromatic N) is 1. The maximum Gasteiger partial charge on any atom is 0.226 e. The van der Waals surface area contributed by atoms with Gasteiger partial charge in [-0.15, -0.1) is 0 Å². The number of rotatable bonds is 6. The largest absolute Gasteiger partial charge is 0.486 e. The molecule has 2 N–H and O–H groups in total. The summed E-state index contributed by atoms with van der Waals surface area (Å²) in [5.74, 6) is 0.677. The second-order valence-electron chi connectivity index (χ2n) is 7.13. The smallest absolute Gasteiger partial charge is 0.226 e. The van der Waals surface area contributed by atoms with Crippen LogP contribution in [0.2, 0.25) is 5.02 Å². The Balaban J connectivity index is 1.51. The van der Waals surface area contributed by atoms with Gasteiger partial charge in [-0.3, -0.25) is 4.79 Å². The molecule has 6 nitrogen and oxygen atoms in total. The van der Waals surface area contributed by atoms with Crippen LogP contribution in [0, 0.1) is 5.41 Å². The van der Waals surface area contributed by atoms with Gasteiger partial charge in [0.2, 0.25) is 5.91 Å². The molecule has 3 aromatic rings. The first kappa shape index (κ1) is 17.0. The first-order valence-corrected chi connectivity index (χ1v) is 8.98. The summed E-state index contributed by atoms with van der Waals surface area (Å²) >= 11 is 6.33. The molecule has 1 amide bonds. The molecule has 2 heterocycles. The van der Waals surface area contributed by atoms with Crippen molar-refractivity contribution in [1.82, 2.24) is 15.5 Å². The van der Waals surface area contributed by atoms with Crippen LogP contribution in [-0.4, -0.2) is 16.0 Å². The van der Waals surface area contributed by atoms with Crippen molar-refractivity contribution in [1.29, 1.82) is 0 Å². The van der Waals surface area contributed by atoms with Crippen molar-refractivity contribution < 1.29 is 14.1 Å². The number of hydrogen-bond donors (Lipinski definition) is 2. The molecule has 1 fully saturated rings. The number of H-pyrrole nitrogens is 1. The molecule has 0 unspecified atom stereocenters. The van der Waals surface area contributed by atoms with E-state index in [-0.39, 0.29) is 24.0 Å². The Morgan fingerprint density at radius 2 is 2.27 bits per heavy atom. The minimum absolute atomic E-state index is 0.106.